The van der Waals surface area contributed by atoms with Gasteiger partial charge in [-0.3, -0.25) is 4.79 Å². The van der Waals surface area contributed by atoms with Crippen LogP contribution >= 0.6 is 0 Å². The Balaban J connectivity index is 3.31. The van der Waals surface area contributed by atoms with Crippen molar-refractivity contribution in [2.45, 2.75) is 26.9 Å². The van der Waals surface area contributed by atoms with Crippen molar-refractivity contribution >= 4 is 5.97 Å². The second kappa shape index (κ2) is 7.76. The maximum absolute atomic E-state index is 11.0. The molecular weight excluding hydrogens is 182 g/mol. The molecule has 0 amide bonds. The average molecular weight is 203 g/mol. The summed E-state index contributed by atoms with van der Waals surface area (Å²) >= 11 is 0. The molecule has 0 spiro atoms. The number of carbonyl (C=O) groups is 1. The van der Waals surface area contributed by atoms with Gasteiger partial charge in [0.15, 0.2) is 0 Å². The lowest BCUT2D eigenvalue weighted by atomic mass is 10.2. The van der Waals surface area contributed by atoms with Crippen LogP contribution in [0.3, 0.4) is 0 Å². The van der Waals surface area contributed by atoms with E-state index in [0.717, 1.165) is 6.54 Å². The van der Waals surface area contributed by atoms with E-state index in [0.29, 0.717) is 13.2 Å². The summed E-state index contributed by atoms with van der Waals surface area (Å²) in [5.41, 5.74) is 0. The zero-order valence-corrected chi connectivity index (χ0v) is 9.50. The third kappa shape index (κ3) is 6.86. The van der Waals surface area contributed by atoms with Crippen LogP contribution in [0, 0.1) is 5.92 Å². The van der Waals surface area contributed by atoms with Gasteiger partial charge in [-0.2, -0.15) is 0 Å². The molecular formula is C10H21NO3. The Morgan fingerprint density at radius 3 is 2.50 bits per heavy atom. The highest BCUT2D eigenvalue weighted by molar-refractivity contribution is 5.71. The summed E-state index contributed by atoms with van der Waals surface area (Å²) in [7, 11) is 1.40. The van der Waals surface area contributed by atoms with Crippen LogP contribution in [-0.4, -0.2) is 38.9 Å². The first-order valence-electron chi connectivity index (χ1n) is 4.98. The van der Waals surface area contributed by atoms with E-state index in [1.54, 1.807) is 0 Å². The van der Waals surface area contributed by atoms with E-state index in [4.69, 9.17) is 4.74 Å². The Bertz CT molecular complexity index is 159. The molecule has 0 rings (SSSR count). The van der Waals surface area contributed by atoms with Crippen molar-refractivity contribution in [1.82, 2.24) is 5.32 Å². The van der Waals surface area contributed by atoms with Crippen LogP contribution in [0.15, 0.2) is 0 Å². The second-order valence-corrected chi connectivity index (χ2v) is 3.55. The highest BCUT2D eigenvalue weighted by atomic mass is 16.5. The van der Waals surface area contributed by atoms with E-state index in [1.165, 1.54) is 7.11 Å². The summed E-state index contributed by atoms with van der Waals surface area (Å²) in [5.74, 6) is -0.277. The first kappa shape index (κ1) is 13.4. The zero-order chi connectivity index (χ0) is 11.0. The maximum Gasteiger partial charge on any atom is 0.309 e. The topological polar surface area (TPSA) is 47.6 Å². The summed E-state index contributed by atoms with van der Waals surface area (Å²) in [6.45, 7) is 7.90. The third-order valence-electron chi connectivity index (χ3n) is 1.78. The number of hydrogen-bond acceptors (Lipinski definition) is 4. The second-order valence-electron chi connectivity index (χ2n) is 3.55. The molecule has 0 fully saturated rings. The molecule has 4 nitrogen and oxygen atoms in total. The minimum absolute atomic E-state index is 0.0981. The lowest BCUT2D eigenvalue weighted by Gasteiger charge is -2.11. The Kier molecular flexibility index (Phi) is 7.42. The average Bonchev–Trinajstić information content (AvgIpc) is 2.15. The van der Waals surface area contributed by atoms with Crippen molar-refractivity contribution in [2.24, 2.45) is 5.92 Å². The van der Waals surface area contributed by atoms with Gasteiger partial charge in [0.1, 0.15) is 0 Å². The van der Waals surface area contributed by atoms with Crippen LogP contribution in [-0.2, 0) is 14.3 Å². The molecule has 1 unspecified atom stereocenters. The summed E-state index contributed by atoms with van der Waals surface area (Å²) in [5, 5.41) is 3.13. The van der Waals surface area contributed by atoms with Crippen LogP contribution in [0.2, 0.25) is 0 Å². The molecule has 0 aromatic carbocycles. The predicted octanol–water partition coefficient (Wildman–Crippen LogP) is 0.810. The van der Waals surface area contributed by atoms with Crippen molar-refractivity contribution in [3.05, 3.63) is 0 Å². The monoisotopic (exact) mass is 203 g/mol. The molecule has 0 saturated heterocycles. The molecule has 0 radical (unpaired) electrons. The molecule has 0 aliphatic carbocycles. The van der Waals surface area contributed by atoms with Gasteiger partial charge < -0.3 is 14.8 Å². The Morgan fingerprint density at radius 2 is 2.00 bits per heavy atom. The molecule has 0 aliphatic heterocycles. The van der Waals surface area contributed by atoms with Crippen LogP contribution in [0.1, 0.15) is 20.8 Å². The van der Waals surface area contributed by atoms with Crippen molar-refractivity contribution in [1.29, 1.82) is 0 Å². The SMILES string of the molecule is COC(=O)C(C)CNCCOC(C)C. The van der Waals surface area contributed by atoms with E-state index >= 15 is 0 Å². The van der Waals surface area contributed by atoms with Crippen LogP contribution in [0.5, 0.6) is 0 Å². The first-order chi connectivity index (χ1) is 6.57. The molecule has 0 aromatic heterocycles. The lowest BCUT2D eigenvalue weighted by molar-refractivity contribution is -0.144. The number of methoxy groups -OCH3 is 1. The van der Waals surface area contributed by atoms with Gasteiger partial charge in [0.05, 0.1) is 25.7 Å². The number of esters is 1. The normalized spacial score (nSPS) is 12.9. The van der Waals surface area contributed by atoms with Gasteiger partial charge in [-0.05, 0) is 13.8 Å². The lowest BCUT2D eigenvalue weighted by Crippen LogP contribution is -2.30. The number of hydrogen-bond donors (Lipinski definition) is 1. The van der Waals surface area contributed by atoms with Crippen LogP contribution in [0.4, 0.5) is 0 Å². The standard InChI is InChI=1S/C10H21NO3/c1-8(2)14-6-5-11-7-9(3)10(12)13-4/h8-9,11H,5-7H2,1-4H3. The highest BCUT2D eigenvalue weighted by Crippen LogP contribution is 1.94. The van der Waals surface area contributed by atoms with E-state index in [9.17, 15) is 4.79 Å². The maximum atomic E-state index is 11.0. The van der Waals surface area contributed by atoms with Crippen molar-refractivity contribution in [2.75, 3.05) is 26.8 Å². The minimum atomic E-state index is -0.178. The molecule has 1 N–H and O–H groups in total. The van der Waals surface area contributed by atoms with E-state index in [1.807, 2.05) is 20.8 Å². The molecule has 0 heterocycles. The Hall–Kier alpha value is -0.610. The van der Waals surface area contributed by atoms with Gasteiger partial charge in [0.2, 0.25) is 0 Å². The predicted molar refractivity (Wildman–Crippen MR) is 55.1 cm³/mol. The van der Waals surface area contributed by atoms with Crippen LogP contribution in [0.25, 0.3) is 0 Å². The van der Waals surface area contributed by atoms with E-state index in [-0.39, 0.29) is 18.0 Å². The summed E-state index contributed by atoms with van der Waals surface area (Å²) < 4.78 is 9.93. The number of carbonyl (C=O) groups excluding carboxylic acids is 1. The number of rotatable bonds is 7. The molecule has 14 heavy (non-hydrogen) atoms. The smallest absolute Gasteiger partial charge is 0.309 e. The van der Waals surface area contributed by atoms with Gasteiger partial charge in [0, 0.05) is 13.1 Å². The first-order valence-corrected chi connectivity index (χ1v) is 4.98. The molecule has 0 saturated carbocycles. The van der Waals surface area contributed by atoms with Gasteiger partial charge in [-0.15, -0.1) is 0 Å². The fourth-order valence-electron chi connectivity index (χ4n) is 0.970. The van der Waals surface area contributed by atoms with Gasteiger partial charge in [-0.25, -0.2) is 0 Å². The van der Waals surface area contributed by atoms with Crippen molar-refractivity contribution in [3.8, 4) is 0 Å². The minimum Gasteiger partial charge on any atom is -0.469 e. The van der Waals surface area contributed by atoms with Crippen molar-refractivity contribution in [3.63, 3.8) is 0 Å². The molecule has 4 heteroatoms. The Morgan fingerprint density at radius 1 is 1.36 bits per heavy atom. The molecule has 0 bridgehead atoms. The summed E-state index contributed by atoms with van der Waals surface area (Å²) in [6.07, 6.45) is 0.259. The van der Waals surface area contributed by atoms with Crippen molar-refractivity contribution < 1.29 is 14.3 Å². The van der Waals surface area contributed by atoms with Gasteiger partial charge in [-0.1, -0.05) is 6.92 Å². The highest BCUT2D eigenvalue weighted by Gasteiger charge is 2.11. The molecule has 0 aliphatic rings. The van der Waals surface area contributed by atoms with E-state index in [2.05, 4.69) is 10.1 Å². The molecule has 0 aromatic rings. The van der Waals surface area contributed by atoms with Gasteiger partial charge in [0.25, 0.3) is 0 Å². The zero-order valence-electron chi connectivity index (χ0n) is 9.50. The van der Waals surface area contributed by atoms with Gasteiger partial charge >= 0.3 is 5.97 Å². The fourth-order valence-corrected chi connectivity index (χ4v) is 0.970. The van der Waals surface area contributed by atoms with E-state index < -0.39 is 0 Å². The van der Waals surface area contributed by atoms with Crippen LogP contribution < -0.4 is 5.32 Å². The quantitative estimate of drug-likeness (QED) is 0.491. The number of ether oxygens (including phenoxy) is 2. The number of nitrogens with one attached hydrogen (secondary N) is 1. The fraction of sp³-hybridized carbons (Fsp3) is 0.900. The third-order valence-corrected chi connectivity index (χ3v) is 1.78. The molecule has 84 valence electrons. The largest absolute Gasteiger partial charge is 0.469 e. The molecule has 1 atom stereocenters. The summed E-state index contributed by atoms with van der Waals surface area (Å²) in [4.78, 5) is 11.0. The Labute approximate surface area is 86.0 Å². The summed E-state index contributed by atoms with van der Waals surface area (Å²) in [6, 6.07) is 0.